The molecule has 0 unspecified atom stereocenters. The molecule has 0 radical (unpaired) electrons. The Labute approximate surface area is 157 Å². The Bertz CT molecular complexity index is 970. The molecule has 8 heteroatoms. The summed E-state index contributed by atoms with van der Waals surface area (Å²) in [6, 6.07) is 13.4. The largest absolute Gasteiger partial charge is 0.493 e. The van der Waals surface area contributed by atoms with Crippen molar-refractivity contribution in [1.82, 2.24) is 4.31 Å². The summed E-state index contributed by atoms with van der Waals surface area (Å²) >= 11 is 0. The van der Waals surface area contributed by atoms with Gasteiger partial charge in [0, 0.05) is 0 Å². The van der Waals surface area contributed by atoms with Crippen molar-refractivity contribution in [1.29, 1.82) is 0 Å². The summed E-state index contributed by atoms with van der Waals surface area (Å²) < 4.78 is 36.0. The number of ether oxygens (including phenoxy) is 2. The lowest BCUT2D eigenvalue weighted by atomic mass is 10.2. The van der Waals surface area contributed by atoms with Gasteiger partial charge < -0.3 is 9.47 Å². The van der Waals surface area contributed by atoms with E-state index < -0.39 is 21.9 Å². The van der Waals surface area contributed by atoms with Gasteiger partial charge in [0.1, 0.15) is 17.3 Å². The summed E-state index contributed by atoms with van der Waals surface area (Å²) in [4.78, 5) is 24.0. The van der Waals surface area contributed by atoms with Gasteiger partial charge in [-0.15, -0.1) is 0 Å². The lowest BCUT2D eigenvalue weighted by Crippen LogP contribution is -2.33. The first-order valence-corrected chi connectivity index (χ1v) is 9.85. The van der Waals surface area contributed by atoms with Gasteiger partial charge in [0.25, 0.3) is 15.9 Å². The van der Waals surface area contributed by atoms with E-state index >= 15 is 0 Å². The smallest absolute Gasteiger partial charge is 0.309 e. The molecule has 1 amide bonds. The maximum atomic E-state index is 12.4. The molecule has 0 bridgehead atoms. The Morgan fingerprint density at radius 3 is 2.59 bits per heavy atom. The maximum absolute atomic E-state index is 12.4. The molecule has 3 rings (SSSR count). The molecule has 0 spiro atoms. The SMILES string of the molecule is Cc1cccc(OCCC(=O)OCCN2C(=O)c3ccccc3S2(=O)=O)c1. The van der Waals surface area contributed by atoms with Crippen molar-refractivity contribution in [2.75, 3.05) is 19.8 Å². The lowest BCUT2D eigenvalue weighted by molar-refractivity contribution is -0.144. The molecule has 0 saturated heterocycles. The summed E-state index contributed by atoms with van der Waals surface area (Å²) in [6.45, 7) is 1.66. The van der Waals surface area contributed by atoms with Crippen LogP contribution in [0.2, 0.25) is 0 Å². The Balaban J connectivity index is 1.46. The third-order valence-corrected chi connectivity index (χ3v) is 5.87. The molecule has 7 nitrogen and oxygen atoms in total. The number of amides is 1. The van der Waals surface area contributed by atoms with Gasteiger partial charge in [-0.3, -0.25) is 9.59 Å². The fourth-order valence-electron chi connectivity index (χ4n) is 2.72. The number of carbonyl (C=O) groups excluding carboxylic acids is 2. The fraction of sp³-hybridized carbons (Fsp3) is 0.263. The summed E-state index contributed by atoms with van der Waals surface area (Å²) in [5.41, 5.74) is 1.18. The molecule has 2 aromatic rings. The van der Waals surface area contributed by atoms with E-state index in [0.29, 0.717) is 5.75 Å². The summed E-state index contributed by atoms with van der Waals surface area (Å²) in [7, 11) is -3.88. The predicted octanol–water partition coefficient (Wildman–Crippen LogP) is 2.15. The van der Waals surface area contributed by atoms with Gasteiger partial charge in [-0.1, -0.05) is 24.3 Å². The van der Waals surface area contributed by atoms with Crippen LogP contribution in [0, 0.1) is 6.92 Å². The second-order valence-corrected chi connectivity index (χ2v) is 7.84. The van der Waals surface area contributed by atoms with Crippen LogP contribution in [-0.2, 0) is 19.6 Å². The molecular weight excluding hydrogens is 370 g/mol. The number of carbonyl (C=O) groups is 2. The first kappa shape index (κ1) is 18.9. The van der Waals surface area contributed by atoms with Gasteiger partial charge in [0.2, 0.25) is 0 Å². The van der Waals surface area contributed by atoms with E-state index in [-0.39, 0.29) is 36.6 Å². The number of rotatable bonds is 7. The number of nitrogens with zero attached hydrogens (tertiary/aromatic N) is 1. The van der Waals surface area contributed by atoms with Crippen molar-refractivity contribution in [3.05, 3.63) is 59.7 Å². The minimum Gasteiger partial charge on any atom is -0.493 e. The van der Waals surface area contributed by atoms with E-state index in [0.717, 1.165) is 9.87 Å². The van der Waals surface area contributed by atoms with Crippen LogP contribution in [0.4, 0.5) is 0 Å². The van der Waals surface area contributed by atoms with E-state index in [9.17, 15) is 18.0 Å². The Kier molecular flexibility index (Phi) is 5.46. The second kappa shape index (κ2) is 7.79. The van der Waals surface area contributed by atoms with Crippen molar-refractivity contribution < 1.29 is 27.5 Å². The molecule has 0 saturated carbocycles. The fourth-order valence-corrected chi connectivity index (χ4v) is 4.28. The van der Waals surface area contributed by atoms with Crippen molar-refractivity contribution in [3.63, 3.8) is 0 Å². The van der Waals surface area contributed by atoms with Crippen LogP contribution in [0.15, 0.2) is 53.4 Å². The number of hydrogen-bond donors (Lipinski definition) is 0. The highest BCUT2D eigenvalue weighted by Crippen LogP contribution is 2.29. The van der Waals surface area contributed by atoms with E-state index in [4.69, 9.17) is 9.47 Å². The molecule has 1 aliphatic heterocycles. The van der Waals surface area contributed by atoms with Crippen molar-refractivity contribution in [3.8, 4) is 5.75 Å². The monoisotopic (exact) mass is 389 g/mol. The van der Waals surface area contributed by atoms with Crippen LogP contribution >= 0.6 is 0 Å². The normalized spacial score (nSPS) is 14.7. The molecule has 1 aliphatic rings. The third kappa shape index (κ3) is 4.11. The molecule has 0 aromatic heterocycles. The highest BCUT2D eigenvalue weighted by atomic mass is 32.2. The van der Waals surface area contributed by atoms with Gasteiger partial charge in [-0.2, -0.15) is 0 Å². The lowest BCUT2D eigenvalue weighted by Gasteiger charge is -2.15. The van der Waals surface area contributed by atoms with Gasteiger partial charge >= 0.3 is 5.97 Å². The minimum atomic E-state index is -3.88. The Morgan fingerprint density at radius 2 is 1.85 bits per heavy atom. The topological polar surface area (TPSA) is 90.0 Å². The third-order valence-electron chi connectivity index (χ3n) is 4.03. The van der Waals surface area contributed by atoms with E-state index in [1.807, 2.05) is 25.1 Å². The number of aryl methyl sites for hydroxylation is 1. The zero-order chi connectivity index (χ0) is 19.4. The number of sulfonamides is 1. The van der Waals surface area contributed by atoms with Crippen LogP contribution in [0.5, 0.6) is 5.75 Å². The molecule has 0 aliphatic carbocycles. The molecule has 27 heavy (non-hydrogen) atoms. The standard InChI is InChI=1S/C19H19NO6S/c1-14-5-4-6-15(13-14)25-11-9-18(21)26-12-10-20-19(22)16-7-2-3-8-17(16)27(20,23)24/h2-8,13H,9-12H2,1H3. The molecule has 0 fully saturated rings. The first-order valence-electron chi connectivity index (χ1n) is 8.41. The van der Waals surface area contributed by atoms with Crippen molar-refractivity contribution >= 4 is 21.9 Å². The molecule has 142 valence electrons. The van der Waals surface area contributed by atoms with Gasteiger partial charge in [-0.25, -0.2) is 12.7 Å². The number of hydrogen-bond acceptors (Lipinski definition) is 6. The van der Waals surface area contributed by atoms with Crippen molar-refractivity contribution in [2.45, 2.75) is 18.2 Å². The molecule has 0 N–H and O–H groups in total. The van der Waals surface area contributed by atoms with Gasteiger partial charge in [0.15, 0.2) is 0 Å². The molecule has 1 heterocycles. The average Bonchev–Trinajstić information content (AvgIpc) is 2.83. The van der Waals surface area contributed by atoms with E-state index in [1.165, 1.54) is 12.1 Å². The highest BCUT2D eigenvalue weighted by molar-refractivity contribution is 7.90. The molecular formula is C19H19NO6S. The second-order valence-electron chi connectivity index (χ2n) is 6.01. The summed E-state index contributed by atoms with van der Waals surface area (Å²) in [6.07, 6.45) is 0.0227. The van der Waals surface area contributed by atoms with Crippen LogP contribution in [0.1, 0.15) is 22.3 Å². The minimum absolute atomic E-state index is 0.0205. The van der Waals surface area contributed by atoms with Crippen LogP contribution in [0.3, 0.4) is 0 Å². The van der Waals surface area contributed by atoms with E-state index in [2.05, 4.69) is 0 Å². The molecule has 2 aromatic carbocycles. The zero-order valence-electron chi connectivity index (χ0n) is 14.8. The van der Waals surface area contributed by atoms with Gasteiger partial charge in [-0.05, 0) is 36.8 Å². The Hall–Kier alpha value is -2.87. The highest BCUT2D eigenvalue weighted by Gasteiger charge is 2.40. The maximum Gasteiger partial charge on any atom is 0.309 e. The Morgan fingerprint density at radius 1 is 1.07 bits per heavy atom. The predicted molar refractivity (Wildman–Crippen MR) is 96.9 cm³/mol. The summed E-state index contributed by atoms with van der Waals surface area (Å²) in [5, 5.41) is 0. The average molecular weight is 389 g/mol. The number of esters is 1. The van der Waals surface area contributed by atoms with Crippen LogP contribution in [-0.4, -0.2) is 44.4 Å². The quantitative estimate of drug-likeness (QED) is 0.674. The van der Waals surface area contributed by atoms with Gasteiger partial charge in [0.05, 0.1) is 25.1 Å². The number of benzene rings is 2. The van der Waals surface area contributed by atoms with Crippen molar-refractivity contribution in [2.24, 2.45) is 0 Å². The summed E-state index contributed by atoms with van der Waals surface area (Å²) in [5.74, 6) is -0.469. The van der Waals surface area contributed by atoms with E-state index in [1.54, 1.807) is 18.2 Å². The number of fused-ring (bicyclic) bond motifs is 1. The first-order chi connectivity index (χ1) is 12.9. The van der Waals surface area contributed by atoms with Crippen LogP contribution < -0.4 is 4.74 Å². The van der Waals surface area contributed by atoms with Crippen LogP contribution in [0.25, 0.3) is 0 Å². The molecule has 0 atom stereocenters. The zero-order valence-corrected chi connectivity index (χ0v) is 15.6.